The number of alkyl halides is 3. The van der Waals surface area contributed by atoms with Gasteiger partial charge in [-0.3, -0.25) is 4.90 Å². The van der Waals surface area contributed by atoms with Crippen molar-refractivity contribution in [3.05, 3.63) is 60.2 Å². The van der Waals surface area contributed by atoms with Gasteiger partial charge in [0.05, 0.1) is 10.5 Å². The van der Waals surface area contributed by atoms with Crippen LogP contribution in [0.1, 0.15) is 12.5 Å². The number of hydrogen-bond donors (Lipinski definition) is 1. The highest BCUT2D eigenvalue weighted by molar-refractivity contribution is 7.89. The van der Waals surface area contributed by atoms with Crippen LogP contribution in [0.4, 0.5) is 18.9 Å². The number of halogens is 3. The molecule has 0 amide bonds. The molecule has 0 radical (unpaired) electrons. The Kier molecular flexibility index (Phi) is 6.50. The summed E-state index contributed by atoms with van der Waals surface area (Å²) in [5.41, 5.74) is 0.176. The topological polar surface area (TPSA) is 52.7 Å². The van der Waals surface area contributed by atoms with Crippen LogP contribution in [0.3, 0.4) is 0 Å². The molecule has 1 atom stereocenters. The van der Waals surface area contributed by atoms with Gasteiger partial charge in [-0.1, -0.05) is 24.3 Å². The zero-order valence-corrected chi connectivity index (χ0v) is 16.9. The van der Waals surface area contributed by atoms with Crippen LogP contribution in [0.25, 0.3) is 0 Å². The van der Waals surface area contributed by atoms with Gasteiger partial charge < -0.3 is 4.90 Å². The van der Waals surface area contributed by atoms with Gasteiger partial charge in [0, 0.05) is 44.5 Å². The van der Waals surface area contributed by atoms with Crippen molar-refractivity contribution in [3.8, 4) is 0 Å². The molecule has 0 spiro atoms. The number of benzene rings is 2. The quantitative estimate of drug-likeness (QED) is 0.769. The summed E-state index contributed by atoms with van der Waals surface area (Å²) in [4.78, 5) is 4.07. The number of nitrogens with zero attached hydrogens (tertiary/aromatic N) is 2. The summed E-state index contributed by atoms with van der Waals surface area (Å²) in [7, 11) is -4.02. The summed E-state index contributed by atoms with van der Waals surface area (Å²) >= 11 is 0. The summed E-state index contributed by atoms with van der Waals surface area (Å²) in [6, 6.07) is 13.8. The van der Waals surface area contributed by atoms with E-state index >= 15 is 0 Å². The Balaban J connectivity index is 1.56. The van der Waals surface area contributed by atoms with Crippen molar-refractivity contribution in [3.63, 3.8) is 0 Å². The monoisotopic (exact) mass is 427 g/mol. The molecule has 0 aliphatic carbocycles. The summed E-state index contributed by atoms with van der Waals surface area (Å²) < 4.78 is 65.8. The first kappa shape index (κ1) is 21.6. The second kappa shape index (κ2) is 8.73. The van der Waals surface area contributed by atoms with Crippen molar-refractivity contribution in [2.24, 2.45) is 0 Å². The molecule has 1 N–H and O–H groups in total. The third-order valence-corrected chi connectivity index (χ3v) is 6.52. The maximum atomic E-state index is 12.8. The van der Waals surface area contributed by atoms with E-state index < -0.39 is 21.8 Å². The summed E-state index contributed by atoms with van der Waals surface area (Å²) in [6.45, 7) is 5.25. The summed E-state index contributed by atoms with van der Waals surface area (Å²) in [6.07, 6.45) is -4.59. The van der Waals surface area contributed by atoms with Crippen molar-refractivity contribution < 1.29 is 21.6 Å². The SMILES string of the molecule is CC(CNS(=O)(=O)c1cccc(C(F)(F)F)c1)N1CCN(c2ccccc2)CC1. The second-order valence-corrected chi connectivity index (χ2v) is 8.85. The van der Waals surface area contributed by atoms with Gasteiger partial charge in [-0.05, 0) is 37.3 Å². The van der Waals surface area contributed by atoms with Crippen molar-refractivity contribution in [2.75, 3.05) is 37.6 Å². The number of nitrogens with one attached hydrogen (secondary N) is 1. The molecule has 3 rings (SSSR count). The molecule has 0 aromatic heterocycles. The number of anilines is 1. The van der Waals surface area contributed by atoms with E-state index in [9.17, 15) is 21.6 Å². The first-order valence-electron chi connectivity index (χ1n) is 9.38. The second-order valence-electron chi connectivity index (χ2n) is 7.09. The molecule has 5 nitrogen and oxygen atoms in total. The van der Waals surface area contributed by atoms with E-state index in [4.69, 9.17) is 0 Å². The fourth-order valence-electron chi connectivity index (χ4n) is 3.34. The van der Waals surface area contributed by atoms with E-state index in [1.54, 1.807) is 0 Å². The van der Waals surface area contributed by atoms with Crippen LogP contribution in [0.15, 0.2) is 59.5 Å². The standard InChI is InChI=1S/C20H24F3N3O2S/c1-16(25-10-12-26(13-11-25)18-7-3-2-4-8-18)15-24-29(27,28)19-9-5-6-17(14-19)20(21,22)23/h2-9,14,16,24H,10-13,15H2,1H3. The predicted octanol–water partition coefficient (Wildman–Crippen LogP) is 3.19. The molecule has 158 valence electrons. The molecule has 29 heavy (non-hydrogen) atoms. The minimum atomic E-state index is -4.59. The van der Waals surface area contributed by atoms with Gasteiger partial charge in [0.15, 0.2) is 0 Å². The Labute approximate surface area is 169 Å². The lowest BCUT2D eigenvalue weighted by atomic mass is 10.2. The fourth-order valence-corrected chi connectivity index (χ4v) is 4.51. The Bertz CT molecular complexity index is 912. The zero-order chi connectivity index (χ0) is 21.1. The van der Waals surface area contributed by atoms with E-state index in [1.165, 1.54) is 6.07 Å². The van der Waals surface area contributed by atoms with Crippen molar-refractivity contribution in [2.45, 2.75) is 24.0 Å². The maximum absolute atomic E-state index is 12.8. The highest BCUT2D eigenvalue weighted by Gasteiger charge is 2.32. The van der Waals surface area contributed by atoms with Crippen LogP contribution in [0, 0.1) is 0 Å². The molecule has 1 aliphatic rings. The number of rotatable bonds is 6. The first-order chi connectivity index (χ1) is 13.7. The average molecular weight is 427 g/mol. The molecule has 2 aromatic rings. The van der Waals surface area contributed by atoms with Crippen LogP contribution < -0.4 is 9.62 Å². The molecule has 9 heteroatoms. The minimum absolute atomic E-state index is 0.0755. The van der Waals surface area contributed by atoms with Crippen LogP contribution in [-0.2, 0) is 16.2 Å². The van der Waals surface area contributed by atoms with E-state index in [0.29, 0.717) is 6.07 Å². The number of hydrogen-bond acceptors (Lipinski definition) is 4. The van der Waals surface area contributed by atoms with E-state index in [-0.39, 0.29) is 17.5 Å². The lowest BCUT2D eigenvalue weighted by Crippen LogP contribution is -2.52. The molecule has 2 aromatic carbocycles. The first-order valence-corrected chi connectivity index (χ1v) is 10.9. The van der Waals surface area contributed by atoms with Gasteiger partial charge in [-0.15, -0.1) is 0 Å². The van der Waals surface area contributed by atoms with Gasteiger partial charge in [-0.25, -0.2) is 13.1 Å². The molecule has 0 saturated carbocycles. The fraction of sp³-hybridized carbons (Fsp3) is 0.400. The van der Waals surface area contributed by atoms with E-state index in [1.807, 2.05) is 25.1 Å². The minimum Gasteiger partial charge on any atom is -0.369 e. The van der Waals surface area contributed by atoms with Crippen LogP contribution >= 0.6 is 0 Å². The molecule has 1 saturated heterocycles. The largest absolute Gasteiger partial charge is 0.416 e. The van der Waals surface area contributed by atoms with Crippen molar-refractivity contribution >= 4 is 15.7 Å². The van der Waals surface area contributed by atoms with Gasteiger partial charge in [0.25, 0.3) is 0 Å². The average Bonchev–Trinajstić information content (AvgIpc) is 2.72. The van der Waals surface area contributed by atoms with Crippen LogP contribution in [0.5, 0.6) is 0 Å². The number of para-hydroxylation sites is 1. The third kappa shape index (κ3) is 5.49. The molecule has 1 aliphatic heterocycles. The van der Waals surface area contributed by atoms with Gasteiger partial charge in [0.1, 0.15) is 0 Å². The number of sulfonamides is 1. The molecule has 0 bridgehead atoms. The Morgan fingerprint density at radius 1 is 1.00 bits per heavy atom. The smallest absolute Gasteiger partial charge is 0.369 e. The van der Waals surface area contributed by atoms with Crippen LogP contribution in [0.2, 0.25) is 0 Å². The molecular weight excluding hydrogens is 403 g/mol. The Morgan fingerprint density at radius 2 is 1.66 bits per heavy atom. The van der Waals surface area contributed by atoms with Gasteiger partial charge in [-0.2, -0.15) is 13.2 Å². The lowest BCUT2D eigenvalue weighted by Gasteiger charge is -2.39. The van der Waals surface area contributed by atoms with Gasteiger partial charge >= 0.3 is 6.18 Å². The Morgan fingerprint density at radius 3 is 2.28 bits per heavy atom. The Hall–Kier alpha value is -2.10. The third-order valence-electron chi connectivity index (χ3n) is 5.10. The van der Waals surface area contributed by atoms with Crippen molar-refractivity contribution in [1.29, 1.82) is 0 Å². The van der Waals surface area contributed by atoms with E-state index in [2.05, 4.69) is 26.7 Å². The zero-order valence-electron chi connectivity index (χ0n) is 16.1. The van der Waals surface area contributed by atoms with Crippen LogP contribution in [-0.4, -0.2) is 52.1 Å². The highest BCUT2D eigenvalue weighted by Crippen LogP contribution is 2.30. The highest BCUT2D eigenvalue weighted by atomic mass is 32.2. The van der Waals surface area contributed by atoms with Gasteiger partial charge in [0.2, 0.25) is 10.0 Å². The normalized spacial score (nSPS) is 17.3. The molecule has 1 heterocycles. The van der Waals surface area contributed by atoms with Crippen molar-refractivity contribution in [1.82, 2.24) is 9.62 Å². The predicted molar refractivity (Wildman–Crippen MR) is 106 cm³/mol. The molecule has 1 unspecified atom stereocenters. The lowest BCUT2D eigenvalue weighted by molar-refractivity contribution is -0.137. The number of piperazine rings is 1. The molecule has 1 fully saturated rings. The summed E-state index contributed by atoms with van der Waals surface area (Å²) in [5.74, 6) is 0. The summed E-state index contributed by atoms with van der Waals surface area (Å²) in [5, 5.41) is 0. The van der Waals surface area contributed by atoms with E-state index in [0.717, 1.165) is 44.0 Å². The molecular formula is C20H24F3N3O2S. The maximum Gasteiger partial charge on any atom is 0.416 e.